The van der Waals surface area contributed by atoms with Crippen molar-refractivity contribution in [1.82, 2.24) is 15.0 Å². The first kappa shape index (κ1) is 11.2. The lowest BCUT2D eigenvalue weighted by Gasteiger charge is -2.02. The van der Waals surface area contributed by atoms with Gasteiger partial charge in [-0.1, -0.05) is 0 Å². The van der Waals surface area contributed by atoms with Gasteiger partial charge in [0.25, 0.3) is 0 Å². The van der Waals surface area contributed by atoms with Crippen LogP contribution in [0.5, 0.6) is 5.88 Å². The third-order valence-corrected chi connectivity index (χ3v) is 2.25. The Bertz CT molecular complexity index is 514. The number of hydrogen-bond acceptors (Lipinski definition) is 5. The molecule has 2 aromatic rings. The van der Waals surface area contributed by atoms with Crippen molar-refractivity contribution >= 4 is 5.78 Å². The molecular formula is C12H11N3O2. The van der Waals surface area contributed by atoms with Crippen LogP contribution in [0.15, 0.2) is 36.9 Å². The van der Waals surface area contributed by atoms with Crippen LogP contribution in [-0.4, -0.2) is 27.8 Å². The van der Waals surface area contributed by atoms with E-state index in [1.165, 1.54) is 19.5 Å². The van der Waals surface area contributed by atoms with E-state index >= 15 is 0 Å². The molecule has 0 bridgehead atoms. The Labute approximate surface area is 98.5 Å². The lowest BCUT2D eigenvalue weighted by atomic mass is 10.1. The van der Waals surface area contributed by atoms with Gasteiger partial charge in [-0.2, -0.15) is 0 Å². The maximum absolute atomic E-state index is 11.9. The molecule has 0 saturated carbocycles. The zero-order chi connectivity index (χ0) is 12.1. The van der Waals surface area contributed by atoms with Crippen LogP contribution < -0.4 is 4.74 Å². The summed E-state index contributed by atoms with van der Waals surface area (Å²) < 4.78 is 4.94. The Morgan fingerprint density at radius 1 is 1.29 bits per heavy atom. The van der Waals surface area contributed by atoms with Crippen LogP contribution in [0.2, 0.25) is 0 Å². The van der Waals surface area contributed by atoms with Gasteiger partial charge in [-0.25, -0.2) is 9.97 Å². The number of methoxy groups -OCH3 is 1. The lowest BCUT2D eigenvalue weighted by Crippen LogP contribution is -2.06. The molecule has 0 aliphatic rings. The summed E-state index contributed by atoms with van der Waals surface area (Å²) in [7, 11) is 1.50. The number of ketones is 1. The average molecular weight is 229 g/mol. The highest BCUT2D eigenvalue weighted by molar-refractivity contribution is 5.95. The van der Waals surface area contributed by atoms with Crippen molar-refractivity contribution in [3.05, 3.63) is 48.2 Å². The molecule has 0 unspecified atom stereocenters. The predicted octanol–water partition coefficient (Wildman–Crippen LogP) is 1.31. The minimum atomic E-state index is -0.0723. The molecule has 0 atom stereocenters. The number of rotatable bonds is 4. The van der Waals surface area contributed by atoms with E-state index in [-0.39, 0.29) is 5.78 Å². The summed E-state index contributed by atoms with van der Waals surface area (Å²) in [5, 5.41) is 0. The number of Topliss-reactive ketones (excluding diaryl/α,β-unsaturated/α-hetero) is 1. The molecule has 0 aliphatic heterocycles. The number of ether oxygens (including phenoxy) is 1. The molecule has 17 heavy (non-hydrogen) atoms. The van der Waals surface area contributed by atoms with E-state index in [1.54, 1.807) is 24.5 Å². The molecule has 0 N–H and O–H groups in total. The highest BCUT2D eigenvalue weighted by Crippen LogP contribution is 2.09. The molecule has 2 rings (SSSR count). The molecule has 0 saturated heterocycles. The maximum Gasteiger partial charge on any atom is 0.216 e. The minimum Gasteiger partial charge on any atom is -0.481 e. The van der Waals surface area contributed by atoms with E-state index in [0.717, 1.165) is 5.56 Å². The number of carbonyl (C=O) groups excluding carboxylic acids is 1. The van der Waals surface area contributed by atoms with Crippen LogP contribution in [-0.2, 0) is 6.42 Å². The quantitative estimate of drug-likeness (QED) is 0.739. The van der Waals surface area contributed by atoms with E-state index in [1.807, 2.05) is 0 Å². The van der Waals surface area contributed by atoms with Gasteiger partial charge in [-0.15, -0.1) is 0 Å². The van der Waals surface area contributed by atoms with Crippen molar-refractivity contribution in [1.29, 1.82) is 0 Å². The number of pyridine rings is 1. The van der Waals surface area contributed by atoms with E-state index in [0.29, 0.717) is 18.0 Å². The average Bonchev–Trinajstić information content (AvgIpc) is 2.40. The fraction of sp³-hybridized carbons (Fsp3) is 0.167. The normalized spacial score (nSPS) is 9.94. The largest absolute Gasteiger partial charge is 0.481 e. The van der Waals surface area contributed by atoms with E-state index in [2.05, 4.69) is 15.0 Å². The molecule has 0 spiro atoms. The zero-order valence-electron chi connectivity index (χ0n) is 9.33. The Kier molecular flexibility index (Phi) is 3.40. The molecule has 86 valence electrons. The smallest absolute Gasteiger partial charge is 0.216 e. The minimum absolute atomic E-state index is 0.0723. The second-order valence-electron chi connectivity index (χ2n) is 3.40. The number of aromatic nitrogens is 3. The first-order valence-electron chi connectivity index (χ1n) is 5.07. The zero-order valence-corrected chi connectivity index (χ0v) is 9.33. The standard InChI is InChI=1S/C12H11N3O2/c1-17-12-7-10(14-8-15-12)11(16)6-9-2-4-13-5-3-9/h2-5,7-8H,6H2,1H3. The Balaban J connectivity index is 2.14. The lowest BCUT2D eigenvalue weighted by molar-refractivity contribution is 0.0987. The second-order valence-corrected chi connectivity index (χ2v) is 3.40. The number of carbonyl (C=O) groups is 1. The molecule has 0 radical (unpaired) electrons. The van der Waals surface area contributed by atoms with E-state index in [4.69, 9.17) is 4.74 Å². The van der Waals surface area contributed by atoms with Gasteiger partial charge in [0.1, 0.15) is 12.0 Å². The van der Waals surface area contributed by atoms with Gasteiger partial charge in [0, 0.05) is 24.9 Å². The van der Waals surface area contributed by atoms with Crippen LogP contribution in [0, 0.1) is 0 Å². The SMILES string of the molecule is COc1cc(C(=O)Cc2ccncc2)ncn1. The first-order chi connectivity index (χ1) is 8.29. The fourth-order valence-electron chi connectivity index (χ4n) is 1.38. The van der Waals surface area contributed by atoms with Gasteiger partial charge >= 0.3 is 0 Å². The highest BCUT2D eigenvalue weighted by atomic mass is 16.5. The predicted molar refractivity (Wildman–Crippen MR) is 60.9 cm³/mol. The topological polar surface area (TPSA) is 65.0 Å². The van der Waals surface area contributed by atoms with Crippen LogP contribution in [0.1, 0.15) is 16.1 Å². The summed E-state index contributed by atoms with van der Waals surface area (Å²) in [5.41, 5.74) is 1.26. The van der Waals surface area contributed by atoms with Gasteiger partial charge < -0.3 is 4.74 Å². The van der Waals surface area contributed by atoms with E-state index in [9.17, 15) is 4.79 Å². The highest BCUT2D eigenvalue weighted by Gasteiger charge is 2.09. The van der Waals surface area contributed by atoms with Crippen LogP contribution in [0.3, 0.4) is 0 Å². The Morgan fingerprint density at radius 2 is 2.06 bits per heavy atom. The molecule has 2 heterocycles. The summed E-state index contributed by atoms with van der Waals surface area (Å²) in [6.07, 6.45) is 4.92. The molecule has 5 nitrogen and oxygen atoms in total. The van der Waals surface area contributed by atoms with Crippen LogP contribution in [0.4, 0.5) is 0 Å². The molecule has 0 fully saturated rings. The van der Waals surface area contributed by atoms with Gasteiger partial charge in [0.15, 0.2) is 5.78 Å². The summed E-state index contributed by atoms with van der Waals surface area (Å²) in [4.78, 5) is 23.6. The van der Waals surface area contributed by atoms with Crippen molar-refractivity contribution in [2.24, 2.45) is 0 Å². The third kappa shape index (κ3) is 2.84. The molecule has 0 aromatic carbocycles. The fourth-order valence-corrected chi connectivity index (χ4v) is 1.38. The van der Waals surface area contributed by atoms with Gasteiger partial charge in [0.05, 0.1) is 7.11 Å². The van der Waals surface area contributed by atoms with Crippen LogP contribution >= 0.6 is 0 Å². The summed E-state index contributed by atoms with van der Waals surface area (Å²) in [5.74, 6) is 0.315. The second kappa shape index (κ2) is 5.16. The van der Waals surface area contributed by atoms with Gasteiger partial charge in [-0.05, 0) is 17.7 Å². The van der Waals surface area contributed by atoms with Crippen molar-refractivity contribution in [3.63, 3.8) is 0 Å². The molecule has 0 aliphatic carbocycles. The Hall–Kier alpha value is -2.30. The van der Waals surface area contributed by atoms with E-state index < -0.39 is 0 Å². The summed E-state index contributed by atoms with van der Waals surface area (Å²) >= 11 is 0. The van der Waals surface area contributed by atoms with Crippen molar-refractivity contribution < 1.29 is 9.53 Å². The molecule has 2 aromatic heterocycles. The molecular weight excluding hydrogens is 218 g/mol. The first-order valence-corrected chi connectivity index (χ1v) is 5.07. The molecule has 0 amide bonds. The summed E-state index contributed by atoms with van der Waals surface area (Å²) in [6, 6.07) is 5.14. The molecule has 5 heteroatoms. The van der Waals surface area contributed by atoms with Gasteiger partial charge in [-0.3, -0.25) is 9.78 Å². The Morgan fingerprint density at radius 3 is 2.76 bits per heavy atom. The monoisotopic (exact) mass is 229 g/mol. The van der Waals surface area contributed by atoms with Crippen molar-refractivity contribution in [3.8, 4) is 5.88 Å². The number of nitrogens with zero attached hydrogens (tertiary/aromatic N) is 3. The third-order valence-electron chi connectivity index (χ3n) is 2.25. The number of hydrogen-bond donors (Lipinski definition) is 0. The summed E-state index contributed by atoms with van der Waals surface area (Å²) in [6.45, 7) is 0. The van der Waals surface area contributed by atoms with Crippen LogP contribution in [0.25, 0.3) is 0 Å². The van der Waals surface area contributed by atoms with Crippen molar-refractivity contribution in [2.45, 2.75) is 6.42 Å². The van der Waals surface area contributed by atoms with Gasteiger partial charge in [0.2, 0.25) is 5.88 Å². The van der Waals surface area contributed by atoms with Crippen molar-refractivity contribution in [2.75, 3.05) is 7.11 Å². The maximum atomic E-state index is 11.9.